The summed E-state index contributed by atoms with van der Waals surface area (Å²) in [6, 6.07) is 8.54. The average Bonchev–Trinajstić information content (AvgIpc) is 2.37. The molecule has 0 spiro atoms. The van der Waals surface area contributed by atoms with Gasteiger partial charge in [0.2, 0.25) is 5.91 Å². The molecule has 1 amide bonds. The summed E-state index contributed by atoms with van der Waals surface area (Å²) in [4.78, 5) is 13.4. The Balaban J connectivity index is 1.72. The van der Waals surface area contributed by atoms with Crippen molar-refractivity contribution in [1.82, 2.24) is 10.2 Å². The highest BCUT2D eigenvalue weighted by molar-refractivity contribution is 6.30. The van der Waals surface area contributed by atoms with E-state index in [9.17, 15) is 4.79 Å². The van der Waals surface area contributed by atoms with Crippen LogP contribution >= 0.6 is 11.6 Å². The first-order valence-electron chi connectivity index (χ1n) is 6.83. The van der Waals surface area contributed by atoms with Gasteiger partial charge in [-0.25, -0.2) is 0 Å². The van der Waals surface area contributed by atoms with Crippen molar-refractivity contribution < 1.29 is 4.79 Å². The number of hydrogen-bond donors (Lipinski definition) is 1. The number of rotatable bonds is 5. The molecule has 1 aromatic carbocycles. The Morgan fingerprint density at radius 2 is 2.00 bits per heavy atom. The van der Waals surface area contributed by atoms with Crippen molar-refractivity contribution in [3.8, 4) is 0 Å². The van der Waals surface area contributed by atoms with Gasteiger partial charge in [-0.3, -0.25) is 4.79 Å². The van der Waals surface area contributed by atoms with Crippen molar-refractivity contribution in [3.05, 3.63) is 34.9 Å². The maximum absolute atomic E-state index is 11.7. The van der Waals surface area contributed by atoms with Gasteiger partial charge in [-0.1, -0.05) is 23.7 Å². The number of nitrogens with zero attached hydrogens (tertiary/aromatic N) is 1. The van der Waals surface area contributed by atoms with E-state index in [-0.39, 0.29) is 5.91 Å². The number of carbonyl (C=O) groups is 1. The zero-order chi connectivity index (χ0) is 13.8. The summed E-state index contributed by atoms with van der Waals surface area (Å²) in [7, 11) is 1.83. The molecule has 0 heterocycles. The van der Waals surface area contributed by atoms with Gasteiger partial charge in [-0.15, -0.1) is 0 Å². The standard InChI is InChI=1S/C15H21ClN2O/c1-3-18(2)15(19)10-17-14-8-12(9-14)11-4-6-13(16)7-5-11/h4-7,12,14,17H,3,8-10H2,1-2H3. The first kappa shape index (κ1) is 14.4. The molecule has 0 radical (unpaired) electrons. The number of nitrogens with one attached hydrogen (secondary N) is 1. The van der Waals surface area contributed by atoms with E-state index in [1.807, 2.05) is 26.1 Å². The molecule has 1 saturated carbocycles. The van der Waals surface area contributed by atoms with Gasteiger partial charge >= 0.3 is 0 Å². The van der Waals surface area contributed by atoms with Crippen LogP contribution in [-0.2, 0) is 4.79 Å². The van der Waals surface area contributed by atoms with Crippen LogP contribution in [0.2, 0.25) is 5.02 Å². The number of benzene rings is 1. The van der Waals surface area contributed by atoms with Crippen molar-refractivity contribution in [2.45, 2.75) is 31.7 Å². The van der Waals surface area contributed by atoms with E-state index < -0.39 is 0 Å². The fourth-order valence-electron chi connectivity index (χ4n) is 2.33. The molecule has 104 valence electrons. The van der Waals surface area contributed by atoms with Crippen LogP contribution in [-0.4, -0.2) is 37.0 Å². The van der Waals surface area contributed by atoms with Crippen molar-refractivity contribution >= 4 is 17.5 Å². The molecule has 1 aliphatic rings. The second-order valence-electron chi connectivity index (χ2n) is 5.21. The van der Waals surface area contributed by atoms with Gasteiger partial charge in [-0.05, 0) is 43.4 Å². The van der Waals surface area contributed by atoms with E-state index in [1.54, 1.807) is 4.90 Å². The molecule has 19 heavy (non-hydrogen) atoms. The third kappa shape index (κ3) is 3.71. The van der Waals surface area contributed by atoms with Gasteiger partial charge in [0.05, 0.1) is 6.54 Å². The molecular weight excluding hydrogens is 260 g/mol. The Bertz CT molecular complexity index is 426. The average molecular weight is 281 g/mol. The summed E-state index contributed by atoms with van der Waals surface area (Å²) < 4.78 is 0. The number of likely N-dealkylation sites (N-methyl/N-ethyl adjacent to an activating group) is 1. The second kappa shape index (κ2) is 6.40. The third-order valence-corrected chi connectivity index (χ3v) is 4.17. The monoisotopic (exact) mass is 280 g/mol. The first-order chi connectivity index (χ1) is 9.10. The van der Waals surface area contributed by atoms with Crippen LogP contribution in [0.25, 0.3) is 0 Å². The maximum Gasteiger partial charge on any atom is 0.236 e. The second-order valence-corrected chi connectivity index (χ2v) is 5.64. The van der Waals surface area contributed by atoms with E-state index >= 15 is 0 Å². The highest BCUT2D eigenvalue weighted by Crippen LogP contribution is 2.37. The molecule has 1 aliphatic carbocycles. The van der Waals surface area contributed by atoms with Crippen LogP contribution in [0, 0.1) is 0 Å². The largest absolute Gasteiger partial charge is 0.345 e. The quantitative estimate of drug-likeness (QED) is 0.899. The van der Waals surface area contributed by atoms with Crippen molar-refractivity contribution in [3.63, 3.8) is 0 Å². The highest BCUT2D eigenvalue weighted by Gasteiger charge is 2.30. The fourth-order valence-corrected chi connectivity index (χ4v) is 2.46. The zero-order valence-electron chi connectivity index (χ0n) is 11.5. The normalized spacial score (nSPS) is 21.8. The first-order valence-corrected chi connectivity index (χ1v) is 7.20. The predicted molar refractivity (Wildman–Crippen MR) is 78.5 cm³/mol. The predicted octanol–water partition coefficient (Wildman–Crippen LogP) is 2.65. The minimum absolute atomic E-state index is 0.164. The molecule has 0 aromatic heterocycles. The lowest BCUT2D eigenvalue weighted by molar-refractivity contribution is -0.129. The van der Waals surface area contributed by atoms with Gasteiger partial charge in [0, 0.05) is 24.7 Å². The van der Waals surface area contributed by atoms with E-state index in [0.717, 1.165) is 24.4 Å². The Kier molecular flexibility index (Phi) is 4.83. The molecule has 0 aliphatic heterocycles. The van der Waals surface area contributed by atoms with Crippen molar-refractivity contribution in [2.24, 2.45) is 0 Å². The molecule has 1 fully saturated rings. The number of hydrogen-bond acceptors (Lipinski definition) is 2. The number of halogens is 1. The van der Waals surface area contributed by atoms with E-state index in [1.165, 1.54) is 5.56 Å². The van der Waals surface area contributed by atoms with Crippen molar-refractivity contribution in [2.75, 3.05) is 20.1 Å². The molecule has 3 nitrogen and oxygen atoms in total. The molecule has 0 bridgehead atoms. The molecule has 0 saturated heterocycles. The Morgan fingerprint density at radius 3 is 2.58 bits per heavy atom. The van der Waals surface area contributed by atoms with Gasteiger partial charge < -0.3 is 10.2 Å². The van der Waals surface area contributed by atoms with Crippen LogP contribution < -0.4 is 5.32 Å². The summed E-state index contributed by atoms with van der Waals surface area (Å²) in [6.45, 7) is 3.19. The third-order valence-electron chi connectivity index (χ3n) is 3.92. The molecule has 4 heteroatoms. The van der Waals surface area contributed by atoms with Crippen LogP contribution in [0.15, 0.2) is 24.3 Å². The Labute approximate surface area is 119 Å². The van der Waals surface area contributed by atoms with Crippen LogP contribution in [0.4, 0.5) is 0 Å². The summed E-state index contributed by atoms with van der Waals surface area (Å²) in [5, 5.41) is 4.11. The molecule has 1 aromatic rings. The van der Waals surface area contributed by atoms with Crippen molar-refractivity contribution in [1.29, 1.82) is 0 Å². The summed E-state index contributed by atoms with van der Waals surface area (Å²) in [5.41, 5.74) is 1.35. The lowest BCUT2D eigenvalue weighted by Gasteiger charge is -2.36. The zero-order valence-corrected chi connectivity index (χ0v) is 12.3. The van der Waals surface area contributed by atoms with Crippen LogP contribution in [0.3, 0.4) is 0 Å². The minimum atomic E-state index is 0.164. The molecule has 0 atom stereocenters. The van der Waals surface area contributed by atoms with E-state index in [4.69, 9.17) is 11.6 Å². The van der Waals surface area contributed by atoms with E-state index in [2.05, 4.69) is 17.4 Å². The Hall–Kier alpha value is -1.06. The van der Waals surface area contributed by atoms with Crippen LogP contribution in [0.5, 0.6) is 0 Å². The molecular formula is C15H21ClN2O. The topological polar surface area (TPSA) is 32.3 Å². The van der Waals surface area contributed by atoms with Crippen LogP contribution in [0.1, 0.15) is 31.2 Å². The maximum atomic E-state index is 11.7. The molecule has 0 unspecified atom stereocenters. The highest BCUT2D eigenvalue weighted by atomic mass is 35.5. The summed E-state index contributed by atoms with van der Waals surface area (Å²) >= 11 is 5.88. The van der Waals surface area contributed by atoms with Gasteiger partial charge in [0.25, 0.3) is 0 Å². The number of amides is 1. The smallest absolute Gasteiger partial charge is 0.236 e. The summed E-state index contributed by atoms with van der Waals surface area (Å²) in [6.07, 6.45) is 2.20. The molecule has 1 N–H and O–H groups in total. The SMILES string of the molecule is CCN(C)C(=O)CNC1CC(c2ccc(Cl)cc2)C1. The fraction of sp³-hybridized carbons (Fsp3) is 0.533. The Morgan fingerprint density at radius 1 is 1.37 bits per heavy atom. The van der Waals surface area contributed by atoms with E-state index in [0.29, 0.717) is 18.5 Å². The lowest BCUT2D eigenvalue weighted by Crippen LogP contribution is -2.45. The molecule has 2 rings (SSSR count). The van der Waals surface area contributed by atoms with Gasteiger partial charge in [0.15, 0.2) is 0 Å². The van der Waals surface area contributed by atoms with Gasteiger partial charge in [-0.2, -0.15) is 0 Å². The lowest BCUT2D eigenvalue weighted by atomic mass is 9.76. The minimum Gasteiger partial charge on any atom is -0.345 e. The number of carbonyl (C=O) groups excluding carboxylic acids is 1. The van der Waals surface area contributed by atoms with Gasteiger partial charge in [0.1, 0.15) is 0 Å². The summed E-state index contributed by atoms with van der Waals surface area (Å²) in [5.74, 6) is 0.770.